The lowest BCUT2D eigenvalue weighted by Gasteiger charge is -2.36. The first kappa shape index (κ1) is 30.2. The number of fused-ring (bicyclic) bond motifs is 6. The third-order valence-electron chi connectivity index (χ3n) is 10.8. The molecule has 2 atom stereocenters. The van der Waals surface area contributed by atoms with E-state index in [1.165, 1.54) is 27.8 Å². The standard InChI is InChI=1S/C49H32FNO/c50-36-24-28-38(29-25-36)51(37-26-22-33(23-27-37)40-18-11-19-44-43-17-8-10-21-47(43)52-48(40)44)39-30-31-42-41-16-7-9-20-45(41)49(46(42)32-39,34-12-3-1-4-13-34)35-14-5-2-6-15-35/h1-5,7-14,16-28,30-32,38H,29H2. The molecule has 1 aromatic heterocycles. The summed E-state index contributed by atoms with van der Waals surface area (Å²) in [6.07, 6.45) is 5.79. The van der Waals surface area contributed by atoms with Gasteiger partial charge in [-0.3, -0.25) is 0 Å². The molecule has 2 nitrogen and oxygen atoms in total. The van der Waals surface area contributed by atoms with Crippen LogP contribution in [-0.2, 0) is 5.41 Å². The summed E-state index contributed by atoms with van der Waals surface area (Å²) in [5.74, 6) is -0.200. The van der Waals surface area contributed by atoms with Crippen LogP contribution in [0.25, 0.3) is 44.2 Å². The quantitative estimate of drug-likeness (QED) is 0.175. The molecule has 1 heterocycles. The molecule has 3 heteroatoms. The third kappa shape index (κ3) is 4.58. The maximum Gasteiger partial charge on any atom is 0.143 e. The minimum absolute atomic E-state index is 0.0891. The van der Waals surface area contributed by atoms with Crippen molar-refractivity contribution in [1.29, 1.82) is 0 Å². The second kappa shape index (κ2) is 12.0. The molecule has 246 valence electrons. The first-order chi connectivity index (χ1) is 25.7. The van der Waals surface area contributed by atoms with Gasteiger partial charge in [-0.1, -0.05) is 133 Å². The lowest BCUT2D eigenvalue weighted by atomic mass is 9.68. The van der Waals surface area contributed by atoms with Crippen molar-refractivity contribution in [1.82, 2.24) is 0 Å². The topological polar surface area (TPSA) is 16.4 Å². The molecule has 0 N–H and O–H groups in total. The Morgan fingerprint density at radius 1 is 0.654 bits per heavy atom. The highest BCUT2D eigenvalue weighted by molar-refractivity contribution is 6.09. The van der Waals surface area contributed by atoms with Crippen molar-refractivity contribution >= 4 is 33.3 Å². The summed E-state index contributed by atoms with van der Waals surface area (Å²) in [7, 11) is 0. The lowest BCUT2D eigenvalue weighted by Crippen LogP contribution is -2.31. The van der Waals surface area contributed by atoms with Crippen molar-refractivity contribution in [3.8, 4) is 22.3 Å². The van der Waals surface area contributed by atoms with E-state index >= 15 is 0 Å². The molecule has 52 heavy (non-hydrogen) atoms. The molecule has 7 aromatic carbocycles. The van der Waals surface area contributed by atoms with Gasteiger partial charge in [0.05, 0.1) is 11.5 Å². The third-order valence-corrected chi connectivity index (χ3v) is 10.8. The van der Waals surface area contributed by atoms with Crippen molar-refractivity contribution in [2.24, 2.45) is 0 Å². The Kier molecular flexibility index (Phi) is 6.98. The van der Waals surface area contributed by atoms with E-state index in [-0.39, 0.29) is 11.9 Å². The first-order valence-electron chi connectivity index (χ1n) is 17.7. The van der Waals surface area contributed by atoms with Gasteiger partial charge in [-0.05, 0) is 94.4 Å². The molecule has 8 aromatic rings. The molecule has 0 aliphatic heterocycles. The predicted molar refractivity (Wildman–Crippen MR) is 209 cm³/mol. The fourth-order valence-electron chi connectivity index (χ4n) is 8.52. The zero-order valence-corrected chi connectivity index (χ0v) is 28.3. The average Bonchev–Trinajstić information content (AvgIpc) is 3.74. The van der Waals surface area contributed by atoms with E-state index in [1.807, 2.05) is 36.4 Å². The highest BCUT2D eigenvalue weighted by atomic mass is 19.1. The van der Waals surface area contributed by atoms with Crippen molar-refractivity contribution in [3.05, 3.63) is 216 Å². The van der Waals surface area contributed by atoms with Crippen LogP contribution in [0.4, 0.5) is 15.8 Å². The van der Waals surface area contributed by atoms with E-state index in [1.54, 1.807) is 12.2 Å². The van der Waals surface area contributed by atoms with Crippen molar-refractivity contribution in [3.63, 3.8) is 0 Å². The van der Waals surface area contributed by atoms with E-state index in [0.717, 1.165) is 50.0 Å². The number of nitrogens with zero attached hydrogens (tertiary/aromatic N) is 1. The van der Waals surface area contributed by atoms with Crippen LogP contribution in [-0.4, -0.2) is 6.04 Å². The van der Waals surface area contributed by atoms with Gasteiger partial charge in [0.2, 0.25) is 0 Å². The van der Waals surface area contributed by atoms with Gasteiger partial charge in [-0.25, -0.2) is 4.39 Å². The molecule has 0 saturated heterocycles. The monoisotopic (exact) mass is 669 g/mol. The summed E-state index contributed by atoms with van der Waals surface area (Å²) in [4.78, 5) is 2.34. The molecule has 10 rings (SSSR count). The van der Waals surface area contributed by atoms with Gasteiger partial charge in [0.15, 0.2) is 0 Å². The Bertz CT molecular complexity index is 2630. The van der Waals surface area contributed by atoms with Crippen LogP contribution in [0.2, 0.25) is 0 Å². The Balaban J connectivity index is 1.15. The Morgan fingerprint density at radius 2 is 1.40 bits per heavy atom. The molecule has 2 aliphatic carbocycles. The summed E-state index contributed by atoms with van der Waals surface area (Å²) in [5, 5.41) is 2.22. The van der Waals surface area contributed by atoms with E-state index < -0.39 is 5.41 Å². The summed E-state index contributed by atoms with van der Waals surface area (Å²) in [5.41, 5.74) is 12.4. The smallest absolute Gasteiger partial charge is 0.143 e. The number of halogens is 1. The summed E-state index contributed by atoms with van der Waals surface area (Å²) >= 11 is 0. The van der Waals surface area contributed by atoms with Crippen molar-refractivity contribution < 1.29 is 8.81 Å². The SMILES string of the molecule is FC1=CCC(N(c2ccc(-c3cccc4c3oc3ccccc34)cc2)c2ccc3c(c2)C(c2c#cccc2)(c2ccccc2)c2ccccc2-3)C=C1. The van der Waals surface area contributed by atoms with Crippen LogP contribution < -0.4 is 4.90 Å². The molecule has 0 fully saturated rings. The number of allylic oxidation sites excluding steroid dienone is 2. The second-order valence-corrected chi connectivity index (χ2v) is 13.5. The number of furan rings is 1. The predicted octanol–water partition coefficient (Wildman–Crippen LogP) is 12.5. The van der Waals surface area contributed by atoms with E-state index in [9.17, 15) is 4.39 Å². The lowest BCUT2D eigenvalue weighted by molar-refractivity contribution is 0.638. The zero-order valence-electron chi connectivity index (χ0n) is 28.3. The van der Waals surface area contributed by atoms with Crippen LogP contribution in [0.5, 0.6) is 0 Å². The van der Waals surface area contributed by atoms with E-state index in [2.05, 4.69) is 144 Å². The number of rotatable bonds is 6. The highest BCUT2D eigenvalue weighted by Crippen LogP contribution is 2.56. The summed E-state index contributed by atoms with van der Waals surface area (Å²) in [6.45, 7) is 0. The largest absolute Gasteiger partial charge is 0.455 e. The van der Waals surface area contributed by atoms with Crippen LogP contribution in [0, 0.1) is 12.1 Å². The first-order valence-corrected chi connectivity index (χ1v) is 17.7. The molecule has 2 aliphatic rings. The molecular formula is C49H32FNO. The summed E-state index contributed by atoms with van der Waals surface area (Å²) in [6, 6.07) is 62.3. The van der Waals surface area contributed by atoms with E-state index in [0.29, 0.717) is 6.42 Å². The number of para-hydroxylation sites is 2. The van der Waals surface area contributed by atoms with Crippen molar-refractivity contribution in [2.75, 3.05) is 4.90 Å². The normalized spacial score (nSPS) is 15.6. The number of benzene rings is 6. The van der Waals surface area contributed by atoms with Gasteiger partial charge in [-0.15, -0.1) is 0 Å². The summed E-state index contributed by atoms with van der Waals surface area (Å²) < 4.78 is 20.8. The van der Waals surface area contributed by atoms with Gasteiger partial charge in [0, 0.05) is 33.3 Å². The second-order valence-electron chi connectivity index (χ2n) is 13.5. The van der Waals surface area contributed by atoms with E-state index in [4.69, 9.17) is 4.42 Å². The number of anilines is 2. The molecule has 2 unspecified atom stereocenters. The molecule has 0 bridgehead atoms. The van der Waals surface area contributed by atoms with Crippen LogP contribution in [0.1, 0.15) is 28.7 Å². The van der Waals surface area contributed by atoms with Gasteiger partial charge in [0.1, 0.15) is 17.0 Å². The minimum atomic E-state index is -0.601. The zero-order chi connectivity index (χ0) is 34.6. The Labute approximate surface area is 302 Å². The fourth-order valence-corrected chi connectivity index (χ4v) is 8.52. The van der Waals surface area contributed by atoms with Gasteiger partial charge >= 0.3 is 0 Å². The molecular weight excluding hydrogens is 638 g/mol. The Hall–Kier alpha value is -6.63. The molecule has 0 radical (unpaired) electrons. The highest BCUT2D eigenvalue weighted by Gasteiger charge is 2.46. The maximum absolute atomic E-state index is 14.4. The molecule has 0 saturated carbocycles. The van der Waals surface area contributed by atoms with Gasteiger partial charge in [-0.2, -0.15) is 0 Å². The fraction of sp³-hybridized carbons (Fsp3) is 0.0612. The van der Waals surface area contributed by atoms with Crippen molar-refractivity contribution in [2.45, 2.75) is 17.9 Å². The Morgan fingerprint density at radius 3 is 2.23 bits per heavy atom. The van der Waals surface area contributed by atoms with Gasteiger partial charge in [0.25, 0.3) is 0 Å². The molecule has 0 amide bonds. The van der Waals surface area contributed by atoms with Crippen LogP contribution in [0.3, 0.4) is 0 Å². The minimum Gasteiger partial charge on any atom is -0.455 e. The maximum atomic E-state index is 14.4. The van der Waals surface area contributed by atoms with Crippen LogP contribution >= 0.6 is 0 Å². The van der Waals surface area contributed by atoms with Crippen LogP contribution in [0.15, 0.2) is 186 Å². The van der Waals surface area contributed by atoms with Gasteiger partial charge < -0.3 is 9.32 Å². The molecule has 0 spiro atoms. The average molecular weight is 670 g/mol. The number of hydrogen-bond donors (Lipinski definition) is 0. The number of hydrogen-bond acceptors (Lipinski definition) is 2.